The van der Waals surface area contributed by atoms with E-state index in [2.05, 4.69) is 13.8 Å². The first-order chi connectivity index (χ1) is 15.8. The molecule has 2 aromatic carbocycles. The van der Waals surface area contributed by atoms with Crippen molar-refractivity contribution in [2.75, 3.05) is 13.2 Å². The van der Waals surface area contributed by atoms with Gasteiger partial charge < -0.3 is 19.5 Å². The number of aliphatic hydroxyl groups excluding tert-OH is 1. The number of ether oxygens (including phenoxy) is 2. The summed E-state index contributed by atoms with van der Waals surface area (Å²) in [5.41, 5.74) is 2.35. The van der Waals surface area contributed by atoms with Crippen molar-refractivity contribution in [2.45, 2.75) is 52.7 Å². The van der Waals surface area contributed by atoms with Gasteiger partial charge in [0.25, 0.3) is 11.7 Å². The number of Topliss-reactive ketones (excluding diaryl/α,β-unsaturated/α-hetero) is 1. The van der Waals surface area contributed by atoms with Crippen LogP contribution in [0.4, 0.5) is 0 Å². The SMILES string of the molecule is CCCN1C(=O)C(=O)/C(=C(\O)c2ccc3c(c2)CC(C)O3)C1c1cccc(OCC(C)C)c1. The Bertz CT molecular complexity index is 1100. The molecule has 0 radical (unpaired) electrons. The van der Waals surface area contributed by atoms with Gasteiger partial charge in [-0.05, 0) is 60.7 Å². The molecule has 33 heavy (non-hydrogen) atoms. The highest BCUT2D eigenvalue weighted by molar-refractivity contribution is 6.46. The van der Waals surface area contributed by atoms with Crippen LogP contribution in [0, 0.1) is 5.92 Å². The predicted molar refractivity (Wildman–Crippen MR) is 126 cm³/mol. The van der Waals surface area contributed by atoms with Crippen LogP contribution >= 0.6 is 0 Å². The number of ketones is 1. The molecule has 2 unspecified atom stereocenters. The number of carbonyl (C=O) groups excluding carboxylic acids is 2. The normalized spacial score (nSPS) is 21.4. The average Bonchev–Trinajstić information content (AvgIpc) is 3.28. The van der Waals surface area contributed by atoms with E-state index in [9.17, 15) is 14.7 Å². The van der Waals surface area contributed by atoms with E-state index in [0.29, 0.717) is 36.8 Å². The smallest absolute Gasteiger partial charge is 0.295 e. The second kappa shape index (κ2) is 9.30. The first-order valence-electron chi connectivity index (χ1n) is 11.6. The van der Waals surface area contributed by atoms with Crippen LogP contribution in [0.5, 0.6) is 11.5 Å². The topological polar surface area (TPSA) is 76.1 Å². The molecule has 1 fully saturated rings. The van der Waals surface area contributed by atoms with Crippen LogP contribution in [0.3, 0.4) is 0 Å². The summed E-state index contributed by atoms with van der Waals surface area (Å²) in [5, 5.41) is 11.3. The lowest BCUT2D eigenvalue weighted by Gasteiger charge is -2.25. The Morgan fingerprint density at radius 2 is 2.00 bits per heavy atom. The number of amides is 1. The van der Waals surface area contributed by atoms with Gasteiger partial charge >= 0.3 is 0 Å². The van der Waals surface area contributed by atoms with Gasteiger partial charge in [0, 0.05) is 18.5 Å². The Morgan fingerprint density at radius 1 is 1.21 bits per heavy atom. The molecule has 2 heterocycles. The fourth-order valence-electron chi connectivity index (χ4n) is 4.46. The fourth-order valence-corrected chi connectivity index (χ4v) is 4.46. The summed E-state index contributed by atoms with van der Waals surface area (Å²) in [7, 11) is 0. The summed E-state index contributed by atoms with van der Waals surface area (Å²) in [6, 6.07) is 12.2. The number of carbonyl (C=O) groups is 2. The van der Waals surface area contributed by atoms with Crippen molar-refractivity contribution < 1.29 is 24.2 Å². The second-order valence-corrected chi connectivity index (χ2v) is 9.22. The van der Waals surface area contributed by atoms with E-state index in [1.54, 1.807) is 11.0 Å². The highest BCUT2D eigenvalue weighted by Gasteiger charge is 2.45. The van der Waals surface area contributed by atoms with Crippen LogP contribution in [-0.4, -0.2) is 41.0 Å². The van der Waals surface area contributed by atoms with Gasteiger partial charge in [0.15, 0.2) is 0 Å². The predicted octanol–water partition coefficient (Wildman–Crippen LogP) is 4.88. The Kier molecular flexibility index (Phi) is 6.45. The third-order valence-electron chi connectivity index (χ3n) is 5.93. The van der Waals surface area contributed by atoms with E-state index in [0.717, 1.165) is 23.3 Å². The van der Waals surface area contributed by atoms with E-state index < -0.39 is 17.7 Å². The molecule has 2 aromatic rings. The standard InChI is InChI=1S/C27H31NO5/c1-5-11-28-24(18-7-6-8-21(14-18)32-15-16(2)3)23(26(30)27(28)31)25(29)19-9-10-22-20(13-19)12-17(4)33-22/h6-10,13-14,16-17,24,29H,5,11-12,15H2,1-4H3/b25-23-. The van der Waals surface area contributed by atoms with Crippen LogP contribution in [-0.2, 0) is 16.0 Å². The molecule has 1 amide bonds. The molecule has 0 aliphatic carbocycles. The van der Waals surface area contributed by atoms with Crippen molar-refractivity contribution in [1.82, 2.24) is 4.90 Å². The Hall–Kier alpha value is -3.28. The number of rotatable bonds is 7. The third-order valence-corrected chi connectivity index (χ3v) is 5.93. The molecule has 2 aliphatic rings. The molecular formula is C27H31NO5. The van der Waals surface area contributed by atoms with E-state index in [4.69, 9.17) is 9.47 Å². The van der Waals surface area contributed by atoms with Crippen LogP contribution in [0.1, 0.15) is 56.8 Å². The minimum Gasteiger partial charge on any atom is -0.507 e. The number of nitrogens with zero attached hydrogens (tertiary/aromatic N) is 1. The van der Waals surface area contributed by atoms with Crippen molar-refractivity contribution in [1.29, 1.82) is 0 Å². The van der Waals surface area contributed by atoms with Gasteiger partial charge in [-0.15, -0.1) is 0 Å². The molecule has 1 saturated heterocycles. The molecule has 0 saturated carbocycles. The molecule has 6 heteroatoms. The average molecular weight is 450 g/mol. The highest BCUT2D eigenvalue weighted by atomic mass is 16.5. The maximum absolute atomic E-state index is 13.1. The summed E-state index contributed by atoms with van der Waals surface area (Å²) in [5.74, 6) is 0.419. The summed E-state index contributed by atoms with van der Waals surface area (Å²) in [6.45, 7) is 9.07. The van der Waals surface area contributed by atoms with Crippen LogP contribution < -0.4 is 9.47 Å². The van der Waals surface area contributed by atoms with Crippen LogP contribution in [0.15, 0.2) is 48.0 Å². The fraction of sp³-hybridized carbons (Fsp3) is 0.407. The first kappa shape index (κ1) is 22.9. The summed E-state index contributed by atoms with van der Waals surface area (Å²) >= 11 is 0. The Balaban J connectivity index is 1.79. The lowest BCUT2D eigenvalue weighted by molar-refractivity contribution is -0.139. The number of fused-ring (bicyclic) bond motifs is 1. The number of hydrogen-bond acceptors (Lipinski definition) is 5. The first-order valence-corrected chi connectivity index (χ1v) is 11.6. The van der Waals surface area contributed by atoms with Crippen molar-refractivity contribution in [2.24, 2.45) is 5.92 Å². The summed E-state index contributed by atoms with van der Waals surface area (Å²) < 4.78 is 11.6. The quantitative estimate of drug-likeness (QED) is 0.371. The van der Waals surface area contributed by atoms with Gasteiger partial charge in [-0.25, -0.2) is 0 Å². The maximum atomic E-state index is 13.1. The number of likely N-dealkylation sites (tertiary alicyclic amines) is 1. The van der Waals surface area contributed by atoms with Crippen molar-refractivity contribution in [3.8, 4) is 11.5 Å². The Labute approximate surface area is 194 Å². The molecule has 4 rings (SSSR count). The van der Waals surface area contributed by atoms with E-state index in [1.165, 1.54) is 0 Å². The summed E-state index contributed by atoms with van der Waals surface area (Å²) in [6.07, 6.45) is 1.50. The van der Waals surface area contributed by atoms with Gasteiger partial charge in [-0.3, -0.25) is 9.59 Å². The lowest BCUT2D eigenvalue weighted by atomic mass is 9.94. The van der Waals surface area contributed by atoms with Crippen molar-refractivity contribution in [3.63, 3.8) is 0 Å². The molecule has 0 spiro atoms. The third kappa shape index (κ3) is 4.47. The van der Waals surface area contributed by atoms with Gasteiger partial charge in [-0.2, -0.15) is 0 Å². The minimum atomic E-state index is -0.670. The molecule has 2 atom stereocenters. The number of hydrogen-bond donors (Lipinski definition) is 1. The van der Waals surface area contributed by atoms with E-state index in [1.807, 2.05) is 50.2 Å². The zero-order valence-corrected chi connectivity index (χ0v) is 19.6. The zero-order chi connectivity index (χ0) is 23.7. The molecule has 0 aromatic heterocycles. The molecule has 0 bridgehead atoms. The molecular weight excluding hydrogens is 418 g/mol. The zero-order valence-electron chi connectivity index (χ0n) is 19.6. The van der Waals surface area contributed by atoms with Crippen molar-refractivity contribution in [3.05, 3.63) is 64.7 Å². The maximum Gasteiger partial charge on any atom is 0.295 e. The molecule has 1 N–H and O–H groups in total. The largest absolute Gasteiger partial charge is 0.507 e. The van der Waals surface area contributed by atoms with Crippen molar-refractivity contribution >= 4 is 17.4 Å². The van der Waals surface area contributed by atoms with Gasteiger partial charge in [0.1, 0.15) is 23.4 Å². The second-order valence-electron chi connectivity index (χ2n) is 9.22. The van der Waals surface area contributed by atoms with Gasteiger partial charge in [-0.1, -0.05) is 32.9 Å². The number of aliphatic hydroxyl groups is 1. The Morgan fingerprint density at radius 3 is 2.73 bits per heavy atom. The molecule has 6 nitrogen and oxygen atoms in total. The van der Waals surface area contributed by atoms with Crippen LogP contribution in [0.25, 0.3) is 5.76 Å². The van der Waals surface area contributed by atoms with E-state index >= 15 is 0 Å². The number of benzene rings is 2. The lowest BCUT2D eigenvalue weighted by Crippen LogP contribution is -2.30. The summed E-state index contributed by atoms with van der Waals surface area (Å²) in [4.78, 5) is 27.6. The van der Waals surface area contributed by atoms with Crippen LogP contribution in [0.2, 0.25) is 0 Å². The molecule has 2 aliphatic heterocycles. The molecule has 174 valence electrons. The van der Waals surface area contributed by atoms with E-state index in [-0.39, 0.29) is 17.4 Å². The van der Waals surface area contributed by atoms with Gasteiger partial charge in [0.05, 0.1) is 18.2 Å². The highest BCUT2D eigenvalue weighted by Crippen LogP contribution is 2.41. The minimum absolute atomic E-state index is 0.0705. The van der Waals surface area contributed by atoms with Gasteiger partial charge in [0.2, 0.25) is 0 Å². The monoisotopic (exact) mass is 449 g/mol.